The molecule has 1 aromatic rings. The molecule has 96 valence electrons. The summed E-state index contributed by atoms with van der Waals surface area (Å²) in [7, 11) is 3.58. The van der Waals surface area contributed by atoms with Crippen LogP contribution in [0.1, 0.15) is 18.9 Å². The van der Waals surface area contributed by atoms with Crippen molar-refractivity contribution in [1.29, 1.82) is 0 Å². The van der Waals surface area contributed by atoms with Gasteiger partial charge in [0.05, 0.1) is 6.10 Å². The molecule has 0 saturated carbocycles. The molecule has 1 atom stereocenters. The normalized spacial score (nSPS) is 12.5. The number of rotatable bonds is 7. The fraction of sp³-hybridized carbons (Fsp3) is 0.538. The van der Waals surface area contributed by atoms with E-state index in [1.165, 1.54) is 0 Å². The van der Waals surface area contributed by atoms with E-state index in [1.807, 2.05) is 32.2 Å². The van der Waals surface area contributed by atoms with Crippen molar-refractivity contribution in [2.75, 3.05) is 20.8 Å². The predicted octanol–water partition coefficient (Wildman–Crippen LogP) is 2.86. The van der Waals surface area contributed by atoms with Gasteiger partial charge < -0.3 is 14.8 Å². The minimum Gasteiger partial charge on any atom is -0.490 e. The number of halogens is 1. The molecule has 0 bridgehead atoms. The Labute approximate surface area is 108 Å². The van der Waals surface area contributed by atoms with Crippen LogP contribution in [0.4, 0.5) is 0 Å². The van der Waals surface area contributed by atoms with Crippen LogP contribution in [0.15, 0.2) is 18.2 Å². The Morgan fingerprint density at radius 2 is 2.18 bits per heavy atom. The maximum absolute atomic E-state index is 6.15. The van der Waals surface area contributed by atoms with Crippen molar-refractivity contribution in [3.8, 4) is 5.75 Å². The predicted molar refractivity (Wildman–Crippen MR) is 70.8 cm³/mol. The topological polar surface area (TPSA) is 30.5 Å². The molecule has 1 aromatic carbocycles. The fourth-order valence-corrected chi connectivity index (χ4v) is 1.79. The molecule has 0 spiro atoms. The largest absolute Gasteiger partial charge is 0.490 e. The van der Waals surface area contributed by atoms with E-state index in [1.54, 1.807) is 7.11 Å². The highest BCUT2D eigenvalue weighted by Crippen LogP contribution is 2.27. The third-order valence-electron chi connectivity index (χ3n) is 2.49. The molecule has 0 aliphatic carbocycles. The van der Waals surface area contributed by atoms with Gasteiger partial charge in [-0.05, 0) is 26.1 Å². The number of benzene rings is 1. The van der Waals surface area contributed by atoms with E-state index in [0.29, 0.717) is 13.2 Å². The van der Waals surface area contributed by atoms with Crippen LogP contribution in [0.25, 0.3) is 0 Å². The Bertz CT molecular complexity index is 344. The van der Waals surface area contributed by atoms with E-state index in [9.17, 15) is 0 Å². The lowest BCUT2D eigenvalue weighted by atomic mass is 10.2. The zero-order chi connectivity index (χ0) is 12.7. The van der Waals surface area contributed by atoms with Crippen molar-refractivity contribution in [2.45, 2.75) is 26.0 Å². The number of methoxy groups -OCH3 is 1. The quantitative estimate of drug-likeness (QED) is 0.815. The molecular formula is C13H20ClNO2. The van der Waals surface area contributed by atoms with Crippen LogP contribution in [0.3, 0.4) is 0 Å². The highest BCUT2D eigenvalue weighted by atomic mass is 35.5. The molecule has 3 nitrogen and oxygen atoms in total. The Hall–Kier alpha value is -0.770. The van der Waals surface area contributed by atoms with Gasteiger partial charge in [-0.2, -0.15) is 0 Å². The zero-order valence-electron chi connectivity index (χ0n) is 10.6. The van der Waals surface area contributed by atoms with Crippen LogP contribution < -0.4 is 10.1 Å². The van der Waals surface area contributed by atoms with E-state index in [0.717, 1.165) is 22.8 Å². The smallest absolute Gasteiger partial charge is 0.125 e. The molecule has 1 N–H and O–H groups in total. The Morgan fingerprint density at radius 1 is 1.41 bits per heavy atom. The van der Waals surface area contributed by atoms with Gasteiger partial charge in [0, 0.05) is 37.3 Å². The molecule has 0 aliphatic rings. The van der Waals surface area contributed by atoms with Crippen molar-refractivity contribution >= 4 is 11.6 Å². The fourth-order valence-electron chi connectivity index (χ4n) is 1.56. The van der Waals surface area contributed by atoms with Crippen LogP contribution in [-0.4, -0.2) is 26.9 Å². The van der Waals surface area contributed by atoms with Crippen molar-refractivity contribution in [1.82, 2.24) is 5.32 Å². The van der Waals surface area contributed by atoms with Gasteiger partial charge >= 0.3 is 0 Å². The van der Waals surface area contributed by atoms with Gasteiger partial charge in [-0.15, -0.1) is 0 Å². The van der Waals surface area contributed by atoms with E-state index < -0.39 is 0 Å². The molecule has 1 rings (SSSR count). The molecule has 0 fully saturated rings. The number of nitrogens with one attached hydrogen (secondary N) is 1. The van der Waals surface area contributed by atoms with Crippen LogP contribution in [0.5, 0.6) is 5.75 Å². The van der Waals surface area contributed by atoms with Gasteiger partial charge in [0.1, 0.15) is 5.75 Å². The van der Waals surface area contributed by atoms with Crippen LogP contribution >= 0.6 is 11.6 Å². The maximum atomic E-state index is 6.15. The Kier molecular flexibility index (Phi) is 6.34. The molecular weight excluding hydrogens is 238 g/mol. The average molecular weight is 258 g/mol. The second-order valence-electron chi connectivity index (χ2n) is 3.96. The molecule has 0 aliphatic heterocycles. The van der Waals surface area contributed by atoms with Crippen molar-refractivity contribution in [3.05, 3.63) is 28.8 Å². The van der Waals surface area contributed by atoms with E-state index in [-0.39, 0.29) is 6.10 Å². The second-order valence-corrected chi connectivity index (χ2v) is 4.36. The van der Waals surface area contributed by atoms with Gasteiger partial charge in [0.2, 0.25) is 0 Å². The maximum Gasteiger partial charge on any atom is 0.125 e. The molecule has 0 saturated heterocycles. The minimum absolute atomic E-state index is 0.115. The Balaban J connectivity index is 2.72. The van der Waals surface area contributed by atoms with Gasteiger partial charge in [0.15, 0.2) is 0 Å². The van der Waals surface area contributed by atoms with Gasteiger partial charge in [-0.25, -0.2) is 0 Å². The number of hydrogen-bond acceptors (Lipinski definition) is 3. The summed E-state index contributed by atoms with van der Waals surface area (Å²) in [5, 5.41) is 3.82. The third-order valence-corrected chi connectivity index (χ3v) is 2.84. The summed E-state index contributed by atoms with van der Waals surface area (Å²) in [5.74, 6) is 0.843. The van der Waals surface area contributed by atoms with Gasteiger partial charge in [-0.1, -0.05) is 17.7 Å². The summed E-state index contributed by atoms with van der Waals surface area (Å²) >= 11 is 6.15. The molecule has 4 heteroatoms. The van der Waals surface area contributed by atoms with Crippen molar-refractivity contribution in [3.63, 3.8) is 0 Å². The van der Waals surface area contributed by atoms with Crippen molar-refractivity contribution in [2.24, 2.45) is 0 Å². The lowest BCUT2D eigenvalue weighted by molar-refractivity contribution is 0.134. The van der Waals surface area contributed by atoms with Crippen LogP contribution in [-0.2, 0) is 11.3 Å². The van der Waals surface area contributed by atoms with Crippen LogP contribution in [0.2, 0.25) is 5.02 Å². The lowest BCUT2D eigenvalue weighted by Crippen LogP contribution is -2.16. The minimum atomic E-state index is 0.115. The van der Waals surface area contributed by atoms with Crippen molar-refractivity contribution < 1.29 is 9.47 Å². The lowest BCUT2D eigenvalue weighted by Gasteiger charge is -2.18. The first kappa shape index (κ1) is 14.3. The monoisotopic (exact) mass is 257 g/mol. The molecule has 0 amide bonds. The first-order valence-electron chi connectivity index (χ1n) is 5.76. The van der Waals surface area contributed by atoms with Gasteiger partial charge in [-0.3, -0.25) is 0 Å². The second kappa shape index (κ2) is 7.54. The van der Waals surface area contributed by atoms with E-state index >= 15 is 0 Å². The van der Waals surface area contributed by atoms with Crippen LogP contribution in [0, 0.1) is 0 Å². The average Bonchev–Trinajstić information content (AvgIpc) is 2.31. The summed E-state index contributed by atoms with van der Waals surface area (Å²) in [6.45, 7) is 3.43. The Morgan fingerprint density at radius 3 is 2.82 bits per heavy atom. The first-order chi connectivity index (χ1) is 8.19. The highest BCUT2D eigenvalue weighted by molar-refractivity contribution is 6.31. The van der Waals surface area contributed by atoms with E-state index in [4.69, 9.17) is 21.1 Å². The summed E-state index contributed by atoms with van der Waals surface area (Å²) in [6.07, 6.45) is 0.978. The molecule has 1 unspecified atom stereocenters. The highest BCUT2D eigenvalue weighted by Gasteiger charge is 2.10. The third kappa shape index (κ3) is 4.54. The number of hydrogen-bond donors (Lipinski definition) is 1. The molecule has 17 heavy (non-hydrogen) atoms. The summed E-state index contributed by atoms with van der Waals surface area (Å²) in [5.41, 5.74) is 1.00. The van der Waals surface area contributed by atoms with Gasteiger partial charge in [0.25, 0.3) is 0 Å². The summed E-state index contributed by atoms with van der Waals surface area (Å²) < 4.78 is 10.9. The molecule has 0 radical (unpaired) electrons. The standard InChI is InChI=1S/C13H20ClNO2/c1-10(7-8-16-3)17-13-6-4-5-12(14)11(13)9-15-2/h4-6,10,15H,7-9H2,1-3H3. The summed E-state index contributed by atoms with van der Waals surface area (Å²) in [4.78, 5) is 0. The zero-order valence-corrected chi connectivity index (χ0v) is 11.4. The molecule has 0 heterocycles. The molecule has 0 aromatic heterocycles. The first-order valence-corrected chi connectivity index (χ1v) is 6.14. The van der Waals surface area contributed by atoms with E-state index in [2.05, 4.69) is 5.32 Å². The number of ether oxygens (including phenoxy) is 2. The summed E-state index contributed by atoms with van der Waals surface area (Å²) in [6, 6.07) is 5.72. The SMILES string of the molecule is CNCc1c(Cl)cccc1OC(C)CCOC.